The number of aromatic nitrogens is 2. The molecule has 4 heterocycles. The molecule has 0 spiro atoms. The standard InChI is InChI=1S/C38H45N7O6S/c1-2-51-26-15-13-23(14-16-26)36-43-34(35(39)49)28-21-33(48)45(37(28)44-36)25-10-8-9-24(19-25)38(50)41-18-7-3-6-17-40-31(46)12-5-4-11-30-27-20-32(47)42-29(27)22-52-30/h8-10,13-16,19,27,29-30H,2-7,11-12,17-18,20-22H2,1H3,(H2,39,49)(H,40,46)(H,41,50)(H,42,47)/t27-,29-,30-/m0/s1. The van der Waals surface area contributed by atoms with Crippen LogP contribution in [0.2, 0.25) is 0 Å². The van der Waals surface area contributed by atoms with E-state index in [-0.39, 0.29) is 47.4 Å². The van der Waals surface area contributed by atoms with E-state index < -0.39 is 5.91 Å². The molecule has 0 bridgehead atoms. The summed E-state index contributed by atoms with van der Waals surface area (Å²) in [6, 6.07) is 14.1. The number of primary amides is 1. The van der Waals surface area contributed by atoms with Crippen LogP contribution >= 0.6 is 11.8 Å². The Morgan fingerprint density at radius 3 is 2.56 bits per heavy atom. The zero-order valence-corrected chi connectivity index (χ0v) is 30.1. The summed E-state index contributed by atoms with van der Waals surface area (Å²) in [5.74, 6) is 1.48. The van der Waals surface area contributed by atoms with Crippen molar-refractivity contribution in [3.63, 3.8) is 0 Å². The molecule has 5 N–H and O–H groups in total. The fourth-order valence-electron chi connectivity index (χ4n) is 7.03. The number of hydrogen-bond donors (Lipinski definition) is 4. The lowest BCUT2D eigenvalue weighted by Gasteiger charge is -2.18. The summed E-state index contributed by atoms with van der Waals surface area (Å²) in [4.78, 5) is 73.2. The Kier molecular flexibility index (Phi) is 12.0. The Labute approximate surface area is 307 Å². The van der Waals surface area contributed by atoms with Gasteiger partial charge in [0, 0.05) is 65.6 Å². The predicted molar refractivity (Wildman–Crippen MR) is 198 cm³/mol. The van der Waals surface area contributed by atoms with Crippen LogP contribution in [0.5, 0.6) is 5.75 Å². The first-order valence-electron chi connectivity index (χ1n) is 18.0. The van der Waals surface area contributed by atoms with E-state index in [1.165, 1.54) is 4.90 Å². The Balaban J connectivity index is 0.949. The van der Waals surface area contributed by atoms with Gasteiger partial charge in [0.25, 0.3) is 11.8 Å². The lowest BCUT2D eigenvalue weighted by Crippen LogP contribution is -2.29. The van der Waals surface area contributed by atoms with E-state index in [9.17, 15) is 24.0 Å². The molecule has 6 rings (SSSR count). The molecular formula is C38H45N7O6S. The molecule has 0 saturated carbocycles. The highest BCUT2D eigenvalue weighted by molar-refractivity contribution is 8.00. The van der Waals surface area contributed by atoms with Gasteiger partial charge < -0.3 is 26.4 Å². The van der Waals surface area contributed by atoms with Crippen molar-refractivity contribution >= 4 is 52.8 Å². The molecule has 0 aliphatic carbocycles. The number of nitrogens with one attached hydrogen (secondary N) is 3. The second-order valence-corrected chi connectivity index (χ2v) is 14.6. The van der Waals surface area contributed by atoms with Crippen molar-refractivity contribution in [3.05, 3.63) is 65.4 Å². The normalized spacial score (nSPS) is 18.9. The number of thioether (sulfide) groups is 1. The van der Waals surface area contributed by atoms with Crippen molar-refractivity contribution in [1.29, 1.82) is 0 Å². The maximum absolute atomic E-state index is 13.3. The van der Waals surface area contributed by atoms with Gasteiger partial charge in [-0.3, -0.25) is 28.9 Å². The molecule has 2 fully saturated rings. The molecule has 3 aliphatic rings. The van der Waals surface area contributed by atoms with Gasteiger partial charge >= 0.3 is 0 Å². The van der Waals surface area contributed by atoms with E-state index >= 15 is 0 Å². The average molecular weight is 728 g/mol. The van der Waals surface area contributed by atoms with Gasteiger partial charge in [0.1, 0.15) is 17.3 Å². The van der Waals surface area contributed by atoms with Gasteiger partial charge in [-0.2, -0.15) is 11.8 Å². The molecule has 274 valence electrons. The monoisotopic (exact) mass is 727 g/mol. The summed E-state index contributed by atoms with van der Waals surface area (Å²) in [5.41, 5.74) is 7.44. The van der Waals surface area contributed by atoms with E-state index in [0.717, 1.165) is 44.3 Å². The molecule has 14 heteroatoms. The van der Waals surface area contributed by atoms with Gasteiger partial charge in [-0.05, 0) is 81.5 Å². The average Bonchev–Trinajstić information content (AvgIpc) is 3.80. The SMILES string of the molecule is CCOc1ccc(-c2nc(C(N)=O)c3c(n2)N(c2cccc(C(=O)NCCCCCNC(=O)CCCC[C@@H]4SC[C@@H]5NC(=O)C[C@@H]54)c2)C(=O)C3)cc1. The lowest BCUT2D eigenvalue weighted by molar-refractivity contribution is -0.121. The lowest BCUT2D eigenvalue weighted by atomic mass is 9.94. The van der Waals surface area contributed by atoms with E-state index in [0.29, 0.717) is 77.9 Å². The van der Waals surface area contributed by atoms with Crippen LogP contribution in [-0.4, -0.2) is 76.2 Å². The van der Waals surface area contributed by atoms with Gasteiger partial charge in [0.2, 0.25) is 17.7 Å². The van der Waals surface area contributed by atoms with Crippen LogP contribution in [0.3, 0.4) is 0 Å². The maximum Gasteiger partial charge on any atom is 0.267 e. The number of amides is 5. The van der Waals surface area contributed by atoms with Gasteiger partial charge in [0.15, 0.2) is 5.82 Å². The Hall–Kier alpha value is -4.98. The first-order chi connectivity index (χ1) is 25.2. The van der Waals surface area contributed by atoms with Gasteiger partial charge in [-0.25, -0.2) is 9.97 Å². The highest BCUT2D eigenvalue weighted by Gasteiger charge is 2.42. The summed E-state index contributed by atoms with van der Waals surface area (Å²) in [7, 11) is 0. The van der Waals surface area contributed by atoms with E-state index in [1.54, 1.807) is 48.5 Å². The predicted octanol–water partition coefficient (Wildman–Crippen LogP) is 4.06. The number of hydrogen-bond acceptors (Lipinski definition) is 9. The van der Waals surface area contributed by atoms with Crippen LogP contribution in [0.4, 0.5) is 11.5 Å². The summed E-state index contributed by atoms with van der Waals surface area (Å²) < 4.78 is 5.52. The molecule has 0 unspecified atom stereocenters. The van der Waals surface area contributed by atoms with Gasteiger partial charge in [-0.1, -0.05) is 12.5 Å². The van der Waals surface area contributed by atoms with E-state index in [2.05, 4.69) is 25.9 Å². The minimum Gasteiger partial charge on any atom is -0.494 e. The minimum atomic E-state index is -0.763. The van der Waals surface area contributed by atoms with Crippen molar-refractivity contribution in [2.45, 2.75) is 76.0 Å². The Bertz CT molecular complexity index is 1820. The van der Waals surface area contributed by atoms with Crippen molar-refractivity contribution in [3.8, 4) is 17.1 Å². The number of carbonyl (C=O) groups excluding carboxylic acids is 5. The zero-order valence-electron chi connectivity index (χ0n) is 29.3. The molecule has 0 radical (unpaired) electrons. The zero-order chi connectivity index (χ0) is 36.6. The molecule has 3 aromatic rings. The number of ether oxygens (including phenoxy) is 1. The van der Waals surface area contributed by atoms with Crippen LogP contribution in [0, 0.1) is 5.92 Å². The fourth-order valence-corrected chi connectivity index (χ4v) is 8.68. The van der Waals surface area contributed by atoms with Crippen LogP contribution in [0.1, 0.15) is 84.7 Å². The number of carbonyl (C=O) groups is 5. The topological polar surface area (TPSA) is 186 Å². The molecule has 3 aliphatic heterocycles. The molecule has 52 heavy (non-hydrogen) atoms. The first-order valence-corrected chi connectivity index (χ1v) is 19.1. The molecule has 3 atom stereocenters. The van der Waals surface area contributed by atoms with Crippen LogP contribution in [0.15, 0.2) is 48.5 Å². The third kappa shape index (κ3) is 8.72. The number of nitrogens with two attached hydrogens (primary N) is 1. The van der Waals surface area contributed by atoms with E-state index in [4.69, 9.17) is 10.5 Å². The molecule has 2 aromatic carbocycles. The van der Waals surface area contributed by atoms with Crippen LogP contribution in [-0.2, 0) is 20.8 Å². The van der Waals surface area contributed by atoms with E-state index in [1.807, 2.05) is 18.7 Å². The number of nitrogens with zero attached hydrogens (tertiary/aromatic N) is 3. The molecular weight excluding hydrogens is 683 g/mol. The van der Waals surface area contributed by atoms with Crippen LogP contribution < -0.4 is 31.3 Å². The summed E-state index contributed by atoms with van der Waals surface area (Å²) in [6.07, 6.45) is 6.33. The van der Waals surface area contributed by atoms with Crippen LogP contribution in [0.25, 0.3) is 11.4 Å². The second kappa shape index (κ2) is 17.0. The highest BCUT2D eigenvalue weighted by Crippen LogP contribution is 2.41. The highest BCUT2D eigenvalue weighted by atomic mass is 32.2. The summed E-state index contributed by atoms with van der Waals surface area (Å²) in [5, 5.41) is 9.51. The molecule has 5 amide bonds. The quantitative estimate of drug-likeness (QED) is 0.149. The van der Waals surface area contributed by atoms with Gasteiger partial charge in [-0.15, -0.1) is 0 Å². The maximum atomic E-state index is 13.3. The second-order valence-electron chi connectivity index (χ2n) is 13.3. The Morgan fingerprint density at radius 1 is 1.00 bits per heavy atom. The Morgan fingerprint density at radius 2 is 1.79 bits per heavy atom. The summed E-state index contributed by atoms with van der Waals surface area (Å²) in [6.45, 7) is 3.46. The van der Waals surface area contributed by atoms with Crippen molar-refractivity contribution in [1.82, 2.24) is 25.9 Å². The van der Waals surface area contributed by atoms with Gasteiger partial charge in [0.05, 0.1) is 18.7 Å². The minimum absolute atomic E-state index is 0.0210. The number of anilines is 2. The van der Waals surface area contributed by atoms with Crippen molar-refractivity contribution in [2.75, 3.05) is 30.3 Å². The largest absolute Gasteiger partial charge is 0.494 e. The fraction of sp³-hybridized carbons (Fsp3) is 0.447. The van der Waals surface area contributed by atoms with Crippen molar-refractivity contribution < 1.29 is 28.7 Å². The first kappa shape index (κ1) is 36.8. The number of rotatable bonds is 17. The summed E-state index contributed by atoms with van der Waals surface area (Å²) >= 11 is 1.95. The molecule has 1 aromatic heterocycles. The molecule has 13 nitrogen and oxygen atoms in total. The number of unbranched alkanes of at least 4 members (excludes halogenated alkanes) is 3. The third-order valence-corrected chi connectivity index (χ3v) is 11.2. The van der Waals surface area contributed by atoms with Crippen molar-refractivity contribution in [2.24, 2.45) is 11.7 Å². The number of benzene rings is 2. The third-order valence-electron chi connectivity index (χ3n) is 9.65. The number of fused-ring (bicyclic) bond motifs is 2. The molecule has 2 saturated heterocycles. The smallest absolute Gasteiger partial charge is 0.267 e.